The third kappa shape index (κ3) is 3.22. The highest BCUT2D eigenvalue weighted by Gasteiger charge is 2.47. The molecule has 1 atom stereocenters. The van der Waals surface area contributed by atoms with E-state index in [1.165, 1.54) is 4.90 Å². The molecule has 0 bridgehead atoms. The van der Waals surface area contributed by atoms with Gasteiger partial charge in [-0.25, -0.2) is 4.98 Å². The number of carbonyl (C=O) groups is 1. The normalized spacial score (nSPS) is 17.9. The minimum atomic E-state index is -4.63. The summed E-state index contributed by atoms with van der Waals surface area (Å²) >= 11 is 0. The van der Waals surface area contributed by atoms with Gasteiger partial charge in [0.25, 0.3) is 0 Å². The van der Waals surface area contributed by atoms with E-state index in [-0.39, 0.29) is 11.6 Å². The number of hydrogen-bond acceptors (Lipinski definition) is 3. The lowest BCUT2D eigenvalue weighted by atomic mass is 10.0. The SMILES string of the molecule is CN1C(=O)CCCc2ccc(C#CC(C)(N)C(F)(F)F)nc21. The Morgan fingerprint density at radius 1 is 1.32 bits per heavy atom. The summed E-state index contributed by atoms with van der Waals surface area (Å²) in [6.45, 7) is 0.805. The van der Waals surface area contributed by atoms with Gasteiger partial charge in [0, 0.05) is 13.5 Å². The summed E-state index contributed by atoms with van der Waals surface area (Å²) in [6, 6.07) is 3.28. The first-order chi connectivity index (χ1) is 10.1. The highest BCUT2D eigenvalue weighted by Crippen LogP contribution is 2.27. The van der Waals surface area contributed by atoms with Crippen LogP contribution in [0.15, 0.2) is 12.1 Å². The van der Waals surface area contributed by atoms with E-state index in [1.807, 2.05) is 5.92 Å². The Morgan fingerprint density at radius 2 is 2.00 bits per heavy atom. The van der Waals surface area contributed by atoms with Crippen molar-refractivity contribution >= 4 is 11.7 Å². The molecule has 2 rings (SSSR count). The number of hydrogen-bond donors (Lipinski definition) is 1. The van der Waals surface area contributed by atoms with Gasteiger partial charge in [0.15, 0.2) is 5.54 Å². The fraction of sp³-hybridized carbons (Fsp3) is 0.467. The molecule has 1 aliphatic rings. The van der Waals surface area contributed by atoms with E-state index in [0.29, 0.717) is 18.7 Å². The molecule has 0 aromatic carbocycles. The molecular formula is C15H16F3N3O. The maximum Gasteiger partial charge on any atom is 0.417 e. The minimum Gasteiger partial charge on any atom is -0.308 e. The van der Waals surface area contributed by atoms with Crippen LogP contribution in [0.25, 0.3) is 0 Å². The molecule has 1 aromatic heterocycles. The van der Waals surface area contributed by atoms with Gasteiger partial charge >= 0.3 is 6.18 Å². The van der Waals surface area contributed by atoms with Crippen molar-refractivity contribution in [2.45, 2.75) is 37.9 Å². The molecule has 0 aliphatic carbocycles. The van der Waals surface area contributed by atoms with E-state index in [4.69, 9.17) is 5.73 Å². The molecule has 118 valence electrons. The van der Waals surface area contributed by atoms with Crippen LogP contribution >= 0.6 is 0 Å². The number of nitrogens with two attached hydrogens (primary N) is 1. The van der Waals surface area contributed by atoms with Crippen molar-refractivity contribution in [2.24, 2.45) is 5.73 Å². The Kier molecular flexibility index (Phi) is 4.16. The quantitative estimate of drug-likeness (QED) is 0.746. The van der Waals surface area contributed by atoms with E-state index in [9.17, 15) is 18.0 Å². The van der Waals surface area contributed by atoms with Crippen LogP contribution in [0, 0.1) is 11.8 Å². The number of pyridine rings is 1. The Labute approximate surface area is 126 Å². The number of amides is 1. The second kappa shape index (κ2) is 5.61. The van der Waals surface area contributed by atoms with Crippen LogP contribution in [0.4, 0.5) is 19.0 Å². The average molecular weight is 311 g/mol. The van der Waals surface area contributed by atoms with Gasteiger partial charge in [-0.1, -0.05) is 12.0 Å². The van der Waals surface area contributed by atoms with Gasteiger partial charge in [-0.3, -0.25) is 9.69 Å². The van der Waals surface area contributed by atoms with Crippen LogP contribution in [-0.4, -0.2) is 29.7 Å². The average Bonchev–Trinajstić information content (AvgIpc) is 2.56. The minimum absolute atomic E-state index is 0.0738. The molecule has 22 heavy (non-hydrogen) atoms. The summed E-state index contributed by atoms with van der Waals surface area (Å²) in [4.78, 5) is 17.4. The van der Waals surface area contributed by atoms with Gasteiger partial charge in [0.05, 0.1) is 0 Å². The summed E-state index contributed by atoms with van der Waals surface area (Å²) in [5.74, 6) is 4.72. The molecule has 0 radical (unpaired) electrons. The maximum atomic E-state index is 12.7. The molecule has 7 heteroatoms. The summed E-state index contributed by atoms with van der Waals surface area (Å²) in [6.07, 6.45) is -2.79. The molecule has 1 aromatic rings. The van der Waals surface area contributed by atoms with Crippen molar-refractivity contribution in [1.82, 2.24) is 4.98 Å². The highest BCUT2D eigenvalue weighted by molar-refractivity contribution is 5.93. The van der Waals surface area contributed by atoms with Crippen LogP contribution < -0.4 is 10.6 Å². The molecule has 0 saturated heterocycles. The predicted octanol–water partition coefficient (Wildman–Crippen LogP) is 2.01. The number of nitrogens with zero attached hydrogens (tertiary/aromatic N) is 2. The van der Waals surface area contributed by atoms with E-state index in [0.717, 1.165) is 18.9 Å². The number of aromatic nitrogens is 1. The monoisotopic (exact) mass is 311 g/mol. The van der Waals surface area contributed by atoms with Gasteiger partial charge in [-0.15, -0.1) is 0 Å². The standard InChI is InChI=1S/C15H16F3N3O/c1-14(19,15(16,17)18)9-8-11-7-6-10-4-3-5-12(22)21(2)13(10)20-11/h6-7H,3-5,19H2,1-2H3. The maximum absolute atomic E-state index is 12.7. The van der Waals surface area contributed by atoms with Gasteiger partial charge in [0.1, 0.15) is 11.5 Å². The van der Waals surface area contributed by atoms with Crippen molar-refractivity contribution in [3.05, 3.63) is 23.4 Å². The highest BCUT2D eigenvalue weighted by atomic mass is 19.4. The summed E-state index contributed by atoms with van der Waals surface area (Å²) < 4.78 is 38.0. The van der Waals surface area contributed by atoms with Crippen LogP contribution in [0.1, 0.15) is 31.0 Å². The summed E-state index contributed by atoms with van der Waals surface area (Å²) in [7, 11) is 1.60. The molecule has 0 fully saturated rings. The Hall–Kier alpha value is -2.07. The van der Waals surface area contributed by atoms with Crippen LogP contribution in [0.2, 0.25) is 0 Å². The second-order valence-electron chi connectivity index (χ2n) is 5.44. The van der Waals surface area contributed by atoms with Gasteiger partial charge in [-0.05, 0) is 37.3 Å². The van der Waals surface area contributed by atoms with E-state index < -0.39 is 11.7 Å². The van der Waals surface area contributed by atoms with E-state index in [2.05, 4.69) is 10.9 Å². The first-order valence-electron chi connectivity index (χ1n) is 6.77. The van der Waals surface area contributed by atoms with Gasteiger partial charge in [-0.2, -0.15) is 13.2 Å². The zero-order valence-corrected chi connectivity index (χ0v) is 12.3. The lowest BCUT2D eigenvalue weighted by Gasteiger charge is -2.21. The van der Waals surface area contributed by atoms with Crippen LogP contribution in [0.5, 0.6) is 0 Å². The third-order valence-corrected chi connectivity index (χ3v) is 3.52. The molecule has 1 unspecified atom stereocenters. The zero-order valence-electron chi connectivity index (χ0n) is 12.3. The van der Waals surface area contributed by atoms with Crippen LogP contribution in [-0.2, 0) is 11.2 Å². The Morgan fingerprint density at radius 3 is 2.64 bits per heavy atom. The van der Waals surface area contributed by atoms with Gasteiger partial charge < -0.3 is 5.73 Å². The molecule has 2 N–H and O–H groups in total. The van der Waals surface area contributed by atoms with Crippen molar-refractivity contribution in [3.8, 4) is 11.8 Å². The topological polar surface area (TPSA) is 59.2 Å². The number of alkyl halides is 3. The lowest BCUT2D eigenvalue weighted by Crippen LogP contribution is -2.49. The fourth-order valence-corrected chi connectivity index (χ4v) is 2.01. The smallest absolute Gasteiger partial charge is 0.308 e. The number of carbonyl (C=O) groups excluding carboxylic acids is 1. The van der Waals surface area contributed by atoms with E-state index in [1.54, 1.807) is 19.2 Å². The zero-order chi connectivity index (χ0) is 16.5. The first-order valence-corrected chi connectivity index (χ1v) is 6.77. The molecular weight excluding hydrogens is 295 g/mol. The van der Waals surface area contributed by atoms with Gasteiger partial charge in [0.2, 0.25) is 5.91 Å². The Bertz CT molecular complexity index is 656. The largest absolute Gasteiger partial charge is 0.417 e. The van der Waals surface area contributed by atoms with E-state index >= 15 is 0 Å². The molecule has 0 spiro atoms. The molecule has 1 aliphatic heterocycles. The predicted molar refractivity (Wildman–Crippen MR) is 76.1 cm³/mol. The van der Waals surface area contributed by atoms with Crippen molar-refractivity contribution < 1.29 is 18.0 Å². The lowest BCUT2D eigenvalue weighted by molar-refractivity contribution is -0.163. The number of aryl methyl sites for hydroxylation is 1. The molecule has 4 nitrogen and oxygen atoms in total. The Balaban J connectivity index is 2.37. The molecule has 2 heterocycles. The van der Waals surface area contributed by atoms with Crippen LogP contribution in [0.3, 0.4) is 0 Å². The number of anilines is 1. The number of fused-ring (bicyclic) bond motifs is 1. The van der Waals surface area contributed by atoms with Crippen molar-refractivity contribution in [3.63, 3.8) is 0 Å². The number of halogens is 3. The number of rotatable bonds is 0. The fourth-order valence-electron chi connectivity index (χ4n) is 2.01. The summed E-state index contributed by atoms with van der Waals surface area (Å²) in [5.41, 5.74) is 3.59. The van der Waals surface area contributed by atoms with Crippen molar-refractivity contribution in [1.29, 1.82) is 0 Å². The van der Waals surface area contributed by atoms with Crippen molar-refractivity contribution in [2.75, 3.05) is 11.9 Å². The summed E-state index contributed by atoms with van der Waals surface area (Å²) in [5, 5.41) is 0. The first kappa shape index (κ1) is 16.3. The molecule has 0 saturated carbocycles. The molecule has 1 amide bonds. The third-order valence-electron chi connectivity index (χ3n) is 3.52. The second-order valence-corrected chi connectivity index (χ2v) is 5.44.